The minimum Gasteiger partial charge on any atom is -0.496 e. The number of halogens is 2. The zero-order valence-corrected chi connectivity index (χ0v) is 13.2. The Morgan fingerprint density at radius 3 is 2.92 bits per heavy atom. The van der Waals surface area contributed by atoms with Gasteiger partial charge in [-0.1, -0.05) is 0 Å². The highest BCUT2D eigenvalue weighted by Crippen LogP contribution is 2.36. The first-order chi connectivity index (χ1) is 12.1. The Balaban J connectivity index is 0.00000131. The van der Waals surface area contributed by atoms with Crippen molar-refractivity contribution in [2.24, 2.45) is 5.92 Å². The van der Waals surface area contributed by atoms with E-state index in [4.69, 9.17) is 4.74 Å². The van der Waals surface area contributed by atoms with Gasteiger partial charge in [-0.25, -0.2) is 13.8 Å². The van der Waals surface area contributed by atoms with Gasteiger partial charge in [0.25, 0.3) is 0 Å². The van der Waals surface area contributed by atoms with E-state index in [-0.39, 0.29) is 15.2 Å². The van der Waals surface area contributed by atoms with E-state index in [9.17, 15) is 13.6 Å². The zero-order chi connectivity index (χ0) is 17.6. The van der Waals surface area contributed by atoms with Crippen LogP contribution in [0.5, 0.6) is 5.75 Å². The maximum Gasteiger partial charge on any atom is 0.231 e. The number of H-pyrrole nitrogens is 1. The molecular weight excluding hydrogens is 330 g/mol. The minimum atomic E-state index is -1.06. The number of hydrogen-bond acceptors (Lipinski definition) is 4. The van der Waals surface area contributed by atoms with Gasteiger partial charge in [-0.2, -0.15) is 5.10 Å². The Hall–Kier alpha value is -3.03. The van der Waals surface area contributed by atoms with Gasteiger partial charge < -0.3 is 10.1 Å². The number of aromatic nitrogens is 3. The van der Waals surface area contributed by atoms with Crippen LogP contribution in [0, 0.1) is 11.7 Å². The number of ether oxygens (including phenoxy) is 1. The van der Waals surface area contributed by atoms with Crippen LogP contribution >= 0.6 is 0 Å². The number of pyridine rings is 1. The van der Waals surface area contributed by atoms with Crippen LogP contribution in [-0.2, 0) is 4.79 Å². The fourth-order valence-electron chi connectivity index (χ4n) is 2.70. The van der Waals surface area contributed by atoms with Gasteiger partial charge in [-0.05, 0) is 30.7 Å². The molecule has 2 N–H and O–H groups in total. The first-order valence-corrected chi connectivity index (χ1v) is 7.71. The standard InChI is InChI=1S/C17H14F2N4O2.2H2/c1-25-13-6-8(18)2-3-9(13)15-10-4-5-14(20-16(10)23-22-15)21-17(24)11-7-12(11)19;;/h2-6,11-12H,7H2,1H3,(H2,20,21,22,23,24);2*1H. The van der Waals surface area contributed by atoms with E-state index >= 15 is 0 Å². The van der Waals surface area contributed by atoms with Crippen molar-refractivity contribution in [1.29, 1.82) is 0 Å². The molecule has 4 rings (SSSR count). The van der Waals surface area contributed by atoms with Gasteiger partial charge in [-0.3, -0.25) is 9.89 Å². The van der Waals surface area contributed by atoms with Crippen molar-refractivity contribution < 1.29 is 21.2 Å². The third-order valence-electron chi connectivity index (χ3n) is 4.15. The summed E-state index contributed by atoms with van der Waals surface area (Å²) in [6.07, 6.45) is -0.808. The second-order valence-corrected chi connectivity index (χ2v) is 5.86. The van der Waals surface area contributed by atoms with Gasteiger partial charge in [0, 0.05) is 19.9 Å². The second-order valence-electron chi connectivity index (χ2n) is 5.86. The molecule has 2 heterocycles. The number of methoxy groups -OCH3 is 1. The lowest BCUT2D eigenvalue weighted by Crippen LogP contribution is -2.15. The number of carbonyl (C=O) groups excluding carboxylic acids is 1. The van der Waals surface area contributed by atoms with Gasteiger partial charge in [0.05, 0.1) is 18.7 Å². The molecule has 25 heavy (non-hydrogen) atoms. The number of alkyl halides is 1. The molecule has 3 aromatic rings. The molecule has 0 bridgehead atoms. The Kier molecular flexibility index (Phi) is 3.60. The SMILES string of the molecule is COc1cc(F)ccc1-c1[nH]nc2nc(NC(=O)C3CC3F)ccc12.[HH].[HH]. The highest BCUT2D eigenvalue weighted by atomic mass is 19.1. The molecule has 1 amide bonds. The average molecular weight is 348 g/mol. The van der Waals surface area contributed by atoms with E-state index in [2.05, 4.69) is 20.5 Å². The summed E-state index contributed by atoms with van der Waals surface area (Å²) in [5, 5.41) is 10.3. The average Bonchev–Trinajstić information content (AvgIpc) is 3.20. The van der Waals surface area contributed by atoms with E-state index in [0.717, 1.165) is 0 Å². The van der Waals surface area contributed by atoms with Gasteiger partial charge in [0.1, 0.15) is 23.6 Å². The largest absolute Gasteiger partial charge is 0.496 e. The van der Waals surface area contributed by atoms with Crippen molar-refractivity contribution >= 4 is 22.8 Å². The quantitative estimate of drug-likeness (QED) is 0.755. The van der Waals surface area contributed by atoms with E-state index in [1.54, 1.807) is 18.2 Å². The summed E-state index contributed by atoms with van der Waals surface area (Å²) >= 11 is 0. The molecule has 0 aliphatic heterocycles. The van der Waals surface area contributed by atoms with Crippen molar-refractivity contribution in [3.8, 4) is 17.0 Å². The summed E-state index contributed by atoms with van der Waals surface area (Å²) in [6, 6.07) is 7.55. The minimum absolute atomic E-state index is 0. The van der Waals surface area contributed by atoms with Crippen LogP contribution in [0.1, 0.15) is 9.27 Å². The van der Waals surface area contributed by atoms with Gasteiger partial charge in [0.2, 0.25) is 5.91 Å². The molecule has 1 saturated carbocycles. The normalized spacial score (nSPS) is 19.0. The molecule has 0 spiro atoms. The highest BCUT2D eigenvalue weighted by molar-refractivity contribution is 5.97. The van der Waals surface area contributed by atoms with E-state index in [0.29, 0.717) is 33.9 Å². The Morgan fingerprint density at radius 1 is 1.40 bits per heavy atom. The van der Waals surface area contributed by atoms with Crippen LogP contribution in [0.3, 0.4) is 0 Å². The summed E-state index contributed by atoms with van der Waals surface area (Å²) in [5.41, 5.74) is 1.65. The Labute approximate surface area is 144 Å². The molecule has 1 aromatic carbocycles. The monoisotopic (exact) mass is 348 g/mol. The molecule has 8 heteroatoms. The number of rotatable bonds is 4. The fourth-order valence-corrected chi connectivity index (χ4v) is 2.70. The summed E-state index contributed by atoms with van der Waals surface area (Å²) in [5.74, 6) is -0.698. The molecule has 1 aliphatic rings. The molecule has 2 unspecified atom stereocenters. The maximum atomic E-state index is 13.4. The van der Waals surface area contributed by atoms with Gasteiger partial charge in [0.15, 0.2) is 5.65 Å². The van der Waals surface area contributed by atoms with Crippen LogP contribution in [-0.4, -0.2) is 34.4 Å². The van der Waals surface area contributed by atoms with Crippen molar-refractivity contribution in [3.63, 3.8) is 0 Å². The fraction of sp³-hybridized carbons (Fsp3) is 0.235. The summed E-state index contributed by atoms with van der Waals surface area (Å²) < 4.78 is 31.5. The topological polar surface area (TPSA) is 79.9 Å². The molecule has 1 fully saturated rings. The Morgan fingerprint density at radius 2 is 2.20 bits per heavy atom. The molecule has 1 aliphatic carbocycles. The number of anilines is 1. The first-order valence-electron chi connectivity index (χ1n) is 7.71. The number of carbonyl (C=O) groups is 1. The second kappa shape index (κ2) is 5.80. The van der Waals surface area contributed by atoms with Crippen LogP contribution in [0.25, 0.3) is 22.3 Å². The molecule has 132 valence electrons. The molecule has 2 aromatic heterocycles. The zero-order valence-electron chi connectivity index (χ0n) is 13.2. The van der Waals surface area contributed by atoms with Crippen molar-refractivity contribution in [2.45, 2.75) is 12.6 Å². The summed E-state index contributed by atoms with van der Waals surface area (Å²) in [6.45, 7) is 0. The Bertz CT molecular complexity index is 983. The molecule has 0 radical (unpaired) electrons. The molecule has 0 saturated heterocycles. The molecule has 2 atom stereocenters. The van der Waals surface area contributed by atoms with Gasteiger partial charge in [-0.15, -0.1) is 0 Å². The third-order valence-corrected chi connectivity index (χ3v) is 4.15. The number of nitrogens with one attached hydrogen (secondary N) is 2. The number of hydrogen-bond donors (Lipinski definition) is 2. The lowest BCUT2D eigenvalue weighted by Gasteiger charge is -2.07. The van der Waals surface area contributed by atoms with Crippen LogP contribution < -0.4 is 10.1 Å². The van der Waals surface area contributed by atoms with Crippen LogP contribution in [0.4, 0.5) is 14.6 Å². The van der Waals surface area contributed by atoms with E-state index < -0.39 is 17.9 Å². The number of aromatic amines is 1. The lowest BCUT2D eigenvalue weighted by molar-refractivity contribution is -0.117. The lowest BCUT2D eigenvalue weighted by atomic mass is 10.1. The van der Waals surface area contributed by atoms with Crippen LogP contribution in [0.15, 0.2) is 30.3 Å². The van der Waals surface area contributed by atoms with Gasteiger partial charge >= 0.3 is 0 Å². The number of amides is 1. The smallest absolute Gasteiger partial charge is 0.231 e. The summed E-state index contributed by atoms with van der Waals surface area (Å²) in [4.78, 5) is 16.0. The first kappa shape index (κ1) is 15.5. The predicted molar refractivity (Wildman–Crippen MR) is 91.7 cm³/mol. The number of nitrogens with zero attached hydrogens (tertiary/aromatic N) is 2. The third kappa shape index (κ3) is 2.79. The number of benzene rings is 1. The van der Waals surface area contributed by atoms with Crippen LogP contribution in [0.2, 0.25) is 0 Å². The van der Waals surface area contributed by atoms with Crippen molar-refractivity contribution in [2.75, 3.05) is 12.4 Å². The van der Waals surface area contributed by atoms with Crippen molar-refractivity contribution in [3.05, 3.63) is 36.1 Å². The van der Waals surface area contributed by atoms with E-state index in [1.807, 2.05) is 0 Å². The van der Waals surface area contributed by atoms with Crippen molar-refractivity contribution in [1.82, 2.24) is 15.2 Å². The van der Waals surface area contributed by atoms with E-state index in [1.165, 1.54) is 19.2 Å². The maximum absolute atomic E-state index is 13.4. The highest BCUT2D eigenvalue weighted by Gasteiger charge is 2.43. The predicted octanol–water partition coefficient (Wildman–Crippen LogP) is 3.56. The number of fused-ring (bicyclic) bond motifs is 1. The summed E-state index contributed by atoms with van der Waals surface area (Å²) in [7, 11) is 1.46. The molecular formula is C17H18F2N4O2. The molecule has 6 nitrogen and oxygen atoms in total.